The number of amides is 1. The fraction of sp³-hybridized carbons (Fsp3) is 0.350. The van der Waals surface area contributed by atoms with Gasteiger partial charge in [0.05, 0.1) is 7.11 Å². The van der Waals surface area contributed by atoms with Crippen LogP contribution in [-0.4, -0.2) is 56.0 Å². The van der Waals surface area contributed by atoms with E-state index in [-0.39, 0.29) is 11.9 Å². The Hall–Kier alpha value is -2.04. The molecule has 1 unspecified atom stereocenters. The minimum atomic E-state index is 0.0601. The molecule has 0 bridgehead atoms. The van der Waals surface area contributed by atoms with Crippen molar-refractivity contribution in [2.24, 2.45) is 0 Å². The van der Waals surface area contributed by atoms with Gasteiger partial charge in [-0.3, -0.25) is 4.79 Å². The van der Waals surface area contributed by atoms with Crippen molar-refractivity contribution in [2.45, 2.75) is 12.5 Å². The van der Waals surface area contributed by atoms with E-state index in [0.29, 0.717) is 10.6 Å². The molecule has 5 heteroatoms. The summed E-state index contributed by atoms with van der Waals surface area (Å²) in [6, 6.07) is 13.4. The lowest BCUT2D eigenvalue weighted by Crippen LogP contribution is -2.38. The van der Waals surface area contributed by atoms with E-state index in [1.807, 2.05) is 48.3 Å². The van der Waals surface area contributed by atoms with Gasteiger partial charge in [-0.05, 0) is 55.9 Å². The predicted molar refractivity (Wildman–Crippen MR) is 101 cm³/mol. The van der Waals surface area contributed by atoms with Crippen molar-refractivity contribution in [2.75, 3.05) is 34.3 Å². The molecule has 0 spiro atoms. The number of likely N-dealkylation sites (tertiary alicyclic amines) is 1. The normalized spacial score (nSPS) is 17.5. The number of likely N-dealkylation sites (N-methyl/N-ethyl adjacent to an activating group) is 2. The Labute approximate surface area is 154 Å². The van der Waals surface area contributed by atoms with Gasteiger partial charge in [0.2, 0.25) is 0 Å². The molecular formula is C20H23ClN2O2. The number of benzene rings is 2. The second-order valence-corrected chi connectivity index (χ2v) is 6.98. The maximum absolute atomic E-state index is 12.7. The SMILES string of the molecule is COc1ccc(Cl)cc1-c1ccc(C(=O)N(C)C2CCN(C)C2)cc1. The minimum Gasteiger partial charge on any atom is -0.496 e. The van der Waals surface area contributed by atoms with Crippen LogP contribution in [0.1, 0.15) is 16.8 Å². The molecular weight excluding hydrogens is 336 g/mol. The third-order valence-electron chi connectivity index (χ3n) is 4.84. The van der Waals surface area contributed by atoms with E-state index in [9.17, 15) is 4.79 Å². The summed E-state index contributed by atoms with van der Waals surface area (Å²) in [5, 5.41) is 0.654. The van der Waals surface area contributed by atoms with Gasteiger partial charge in [-0.25, -0.2) is 0 Å². The number of carbonyl (C=O) groups is 1. The Bertz CT molecular complexity index is 761. The highest BCUT2D eigenvalue weighted by Gasteiger charge is 2.26. The first kappa shape index (κ1) is 17.8. The van der Waals surface area contributed by atoms with Crippen LogP contribution in [0.15, 0.2) is 42.5 Å². The predicted octanol–water partition coefficient (Wildman–Crippen LogP) is 3.79. The highest BCUT2D eigenvalue weighted by atomic mass is 35.5. The number of halogens is 1. The molecule has 1 amide bonds. The van der Waals surface area contributed by atoms with Gasteiger partial charge >= 0.3 is 0 Å². The number of hydrogen-bond acceptors (Lipinski definition) is 3. The molecule has 2 aromatic rings. The number of hydrogen-bond donors (Lipinski definition) is 0. The zero-order valence-corrected chi connectivity index (χ0v) is 15.6. The average molecular weight is 359 g/mol. The molecule has 1 aliphatic rings. The lowest BCUT2D eigenvalue weighted by molar-refractivity contribution is 0.0737. The van der Waals surface area contributed by atoms with E-state index in [1.54, 1.807) is 13.2 Å². The fourth-order valence-corrected chi connectivity index (χ4v) is 3.47. The van der Waals surface area contributed by atoms with Gasteiger partial charge in [-0.2, -0.15) is 0 Å². The molecule has 1 aliphatic heterocycles. The number of carbonyl (C=O) groups excluding carboxylic acids is 1. The van der Waals surface area contributed by atoms with Gasteiger partial charge < -0.3 is 14.5 Å². The maximum Gasteiger partial charge on any atom is 0.253 e. The van der Waals surface area contributed by atoms with E-state index in [4.69, 9.17) is 16.3 Å². The molecule has 1 fully saturated rings. The maximum atomic E-state index is 12.7. The number of methoxy groups -OCH3 is 1. The summed E-state index contributed by atoms with van der Waals surface area (Å²) in [6.07, 6.45) is 1.02. The highest BCUT2D eigenvalue weighted by molar-refractivity contribution is 6.31. The smallest absolute Gasteiger partial charge is 0.253 e. The third kappa shape index (κ3) is 3.80. The van der Waals surface area contributed by atoms with Crippen LogP contribution in [-0.2, 0) is 0 Å². The van der Waals surface area contributed by atoms with Crippen molar-refractivity contribution in [3.63, 3.8) is 0 Å². The molecule has 1 saturated heterocycles. The van der Waals surface area contributed by atoms with Crippen molar-refractivity contribution in [1.82, 2.24) is 9.80 Å². The van der Waals surface area contributed by atoms with Crippen LogP contribution >= 0.6 is 11.6 Å². The first-order valence-corrected chi connectivity index (χ1v) is 8.77. The van der Waals surface area contributed by atoms with Crippen molar-refractivity contribution >= 4 is 17.5 Å². The first-order valence-electron chi connectivity index (χ1n) is 8.39. The summed E-state index contributed by atoms with van der Waals surface area (Å²) in [4.78, 5) is 16.8. The molecule has 0 N–H and O–H groups in total. The number of rotatable bonds is 4. The van der Waals surface area contributed by atoms with E-state index in [0.717, 1.165) is 36.4 Å². The highest BCUT2D eigenvalue weighted by Crippen LogP contribution is 2.32. The standard InChI is InChI=1S/C20H23ClN2O2/c1-22-11-10-17(13-22)23(2)20(24)15-6-4-14(5-7-15)18-12-16(21)8-9-19(18)25-3/h4-9,12,17H,10-11,13H2,1-3H3. The Kier molecular flexibility index (Phi) is 5.30. The molecule has 0 saturated carbocycles. The van der Waals surface area contributed by atoms with Crippen molar-refractivity contribution < 1.29 is 9.53 Å². The molecule has 25 heavy (non-hydrogen) atoms. The van der Waals surface area contributed by atoms with Crippen LogP contribution in [0.3, 0.4) is 0 Å². The van der Waals surface area contributed by atoms with Gasteiger partial charge in [-0.15, -0.1) is 0 Å². The Balaban J connectivity index is 1.80. The van der Waals surface area contributed by atoms with E-state index < -0.39 is 0 Å². The number of nitrogens with zero attached hydrogens (tertiary/aromatic N) is 2. The molecule has 1 heterocycles. The summed E-state index contributed by atoms with van der Waals surface area (Å²) in [7, 11) is 5.61. The molecule has 0 aromatic heterocycles. The van der Waals surface area contributed by atoms with Crippen LogP contribution < -0.4 is 4.74 Å². The molecule has 2 aromatic carbocycles. The van der Waals surface area contributed by atoms with E-state index in [2.05, 4.69) is 11.9 Å². The molecule has 1 atom stereocenters. The van der Waals surface area contributed by atoms with Crippen molar-refractivity contribution in [3.05, 3.63) is 53.1 Å². The van der Waals surface area contributed by atoms with Gasteiger partial charge in [0.1, 0.15) is 5.75 Å². The van der Waals surface area contributed by atoms with Crippen LogP contribution in [0, 0.1) is 0 Å². The topological polar surface area (TPSA) is 32.8 Å². The zero-order valence-electron chi connectivity index (χ0n) is 14.8. The average Bonchev–Trinajstić information content (AvgIpc) is 3.07. The monoisotopic (exact) mass is 358 g/mol. The fourth-order valence-electron chi connectivity index (χ4n) is 3.30. The summed E-state index contributed by atoms with van der Waals surface area (Å²) in [5.74, 6) is 0.819. The Morgan fingerprint density at radius 3 is 2.56 bits per heavy atom. The van der Waals surface area contributed by atoms with Gasteiger partial charge in [0.15, 0.2) is 0 Å². The van der Waals surface area contributed by atoms with Crippen molar-refractivity contribution in [3.8, 4) is 16.9 Å². The van der Waals surface area contributed by atoms with E-state index in [1.165, 1.54) is 0 Å². The van der Waals surface area contributed by atoms with Crippen LogP contribution in [0.4, 0.5) is 0 Å². The second kappa shape index (κ2) is 7.46. The zero-order chi connectivity index (χ0) is 18.0. The van der Waals surface area contributed by atoms with Crippen molar-refractivity contribution in [1.29, 1.82) is 0 Å². The lowest BCUT2D eigenvalue weighted by atomic mass is 10.0. The second-order valence-electron chi connectivity index (χ2n) is 6.54. The quantitative estimate of drug-likeness (QED) is 0.833. The third-order valence-corrected chi connectivity index (χ3v) is 5.07. The summed E-state index contributed by atoms with van der Waals surface area (Å²) in [6.45, 7) is 1.97. The molecule has 132 valence electrons. The lowest BCUT2D eigenvalue weighted by Gasteiger charge is -2.24. The first-order chi connectivity index (χ1) is 12.0. The molecule has 3 rings (SSSR count). The number of ether oxygens (including phenoxy) is 1. The van der Waals surface area contributed by atoms with E-state index >= 15 is 0 Å². The van der Waals surface area contributed by atoms with Crippen LogP contribution in [0.25, 0.3) is 11.1 Å². The van der Waals surface area contributed by atoms with Gasteiger partial charge in [0, 0.05) is 35.8 Å². The summed E-state index contributed by atoms with van der Waals surface area (Å²) in [5.41, 5.74) is 2.58. The molecule has 0 aliphatic carbocycles. The molecule has 0 radical (unpaired) electrons. The van der Waals surface area contributed by atoms with Crippen LogP contribution in [0.5, 0.6) is 5.75 Å². The Morgan fingerprint density at radius 2 is 1.96 bits per heavy atom. The summed E-state index contributed by atoms with van der Waals surface area (Å²) >= 11 is 6.11. The van der Waals surface area contributed by atoms with Gasteiger partial charge in [0.25, 0.3) is 5.91 Å². The van der Waals surface area contributed by atoms with Crippen LogP contribution in [0.2, 0.25) is 5.02 Å². The van der Waals surface area contributed by atoms with Gasteiger partial charge in [-0.1, -0.05) is 23.7 Å². The Morgan fingerprint density at radius 1 is 1.24 bits per heavy atom. The minimum absolute atomic E-state index is 0.0601. The summed E-state index contributed by atoms with van der Waals surface area (Å²) < 4.78 is 5.41. The largest absolute Gasteiger partial charge is 0.496 e. The molecule has 4 nitrogen and oxygen atoms in total.